The van der Waals surface area contributed by atoms with Gasteiger partial charge in [-0.2, -0.15) is 12.6 Å². The number of thiol groups is 1. The van der Waals surface area contributed by atoms with E-state index < -0.39 is 0 Å². The van der Waals surface area contributed by atoms with E-state index in [2.05, 4.69) is 50.9 Å². The maximum absolute atomic E-state index is 5.43. The first-order chi connectivity index (χ1) is 13.5. The molecular weight excluding hydrogens is 394 g/mol. The first kappa shape index (κ1) is 20.9. The zero-order valence-corrected chi connectivity index (χ0v) is 20.6. The van der Waals surface area contributed by atoms with Gasteiger partial charge in [-0.25, -0.2) is 0 Å². The van der Waals surface area contributed by atoms with E-state index >= 15 is 0 Å². The molecule has 4 rings (SSSR count). The van der Waals surface area contributed by atoms with E-state index in [0.29, 0.717) is 0 Å². The van der Waals surface area contributed by atoms with Gasteiger partial charge in [0.05, 0.1) is 5.25 Å². The highest BCUT2D eigenvalue weighted by Gasteiger charge is 2.28. The maximum Gasteiger partial charge on any atom is 0.0534 e. The Balaban J connectivity index is 1.94. The number of hydrogen-bond acceptors (Lipinski definition) is 1. The molecule has 0 radical (unpaired) electrons. The Labute approximate surface area is 179 Å². The molecule has 0 atom stereocenters. The van der Waals surface area contributed by atoms with E-state index in [1.807, 2.05) is 0 Å². The SMILES string of the molecule is CP(C)c1ccc2c(c1C(S)c1c(P(C)C)ccc3c1CCCC3)CCCC2. The Bertz CT molecular complexity index is 798. The number of aryl methyl sites for hydroxylation is 2. The third-order valence-corrected chi connectivity index (χ3v) is 9.84. The van der Waals surface area contributed by atoms with Gasteiger partial charge in [-0.05, 0) is 122 Å². The first-order valence-corrected chi connectivity index (χ1v) is 15.8. The van der Waals surface area contributed by atoms with Crippen molar-refractivity contribution in [2.75, 3.05) is 26.7 Å². The van der Waals surface area contributed by atoms with Crippen LogP contribution in [0.2, 0.25) is 0 Å². The molecule has 2 aliphatic rings. The Morgan fingerprint density at radius 3 is 1.43 bits per heavy atom. The van der Waals surface area contributed by atoms with Crippen molar-refractivity contribution in [1.29, 1.82) is 0 Å². The number of hydrogen-bond donors (Lipinski definition) is 1. The second kappa shape index (κ2) is 8.79. The molecule has 0 saturated carbocycles. The van der Waals surface area contributed by atoms with Crippen molar-refractivity contribution in [2.45, 2.75) is 56.6 Å². The summed E-state index contributed by atoms with van der Waals surface area (Å²) in [6.45, 7) is 9.66. The van der Waals surface area contributed by atoms with Crippen LogP contribution in [-0.2, 0) is 25.7 Å². The smallest absolute Gasteiger partial charge is 0.0534 e. The van der Waals surface area contributed by atoms with E-state index in [9.17, 15) is 0 Å². The number of fused-ring (bicyclic) bond motifs is 2. The summed E-state index contributed by atoms with van der Waals surface area (Å²) in [5, 5.41) is 3.42. The van der Waals surface area contributed by atoms with Crippen LogP contribution in [0.3, 0.4) is 0 Å². The minimum atomic E-state index is -0.134. The van der Waals surface area contributed by atoms with Gasteiger partial charge in [0.15, 0.2) is 0 Å². The van der Waals surface area contributed by atoms with Gasteiger partial charge in [0, 0.05) is 0 Å². The second-order valence-electron chi connectivity index (χ2n) is 8.88. The van der Waals surface area contributed by atoms with Crippen molar-refractivity contribution >= 4 is 39.1 Å². The Hall–Kier alpha value is -0.350. The van der Waals surface area contributed by atoms with Crippen LogP contribution in [0, 0.1) is 0 Å². The average molecular weight is 429 g/mol. The predicted molar refractivity (Wildman–Crippen MR) is 134 cm³/mol. The van der Waals surface area contributed by atoms with Crippen LogP contribution < -0.4 is 10.6 Å². The van der Waals surface area contributed by atoms with Gasteiger partial charge in [-0.15, -0.1) is 0 Å². The lowest BCUT2D eigenvalue weighted by Gasteiger charge is -2.32. The Morgan fingerprint density at radius 1 is 0.643 bits per heavy atom. The monoisotopic (exact) mass is 428 g/mol. The summed E-state index contributed by atoms with van der Waals surface area (Å²) in [6, 6.07) is 9.77. The fraction of sp³-hybridized carbons (Fsp3) is 0.520. The topological polar surface area (TPSA) is 0 Å². The molecular formula is C25H34P2S. The van der Waals surface area contributed by atoms with Crippen LogP contribution in [0.4, 0.5) is 0 Å². The quantitative estimate of drug-likeness (QED) is 0.435. The molecule has 0 N–H and O–H groups in total. The second-order valence-corrected chi connectivity index (χ2v) is 13.9. The third kappa shape index (κ3) is 3.85. The highest BCUT2D eigenvalue weighted by atomic mass is 32.1. The zero-order valence-electron chi connectivity index (χ0n) is 17.9. The molecule has 0 saturated heterocycles. The van der Waals surface area contributed by atoms with Gasteiger partial charge in [-0.1, -0.05) is 40.1 Å². The van der Waals surface area contributed by atoms with Crippen molar-refractivity contribution in [2.24, 2.45) is 0 Å². The molecule has 0 aliphatic heterocycles. The van der Waals surface area contributed by atoms with Crippen LogP contribution in [0.1, 0.15) is 64.3 Å². The average Bonchev–Trinajstić information content (AvgIpc) is 2.71. The molecule has 0 bridgehead atoms. The molecule has 0 nitrogen and oxygen atoms in total. The Kier molecular flexibility index (Phi) is 6.57. The van der Waals surface area contributed by atoms with Gasteiger partial charge < -0.3 is 0 Å². The molecule has 0 amide bonds. The fourth-order valence-corrected chi connectivity index (χ4v) is 8.25. The molecule has 28 heavy (non-hydrogen) atoms. The van der Waals surface area contributed by atoms with Crippen LogP contribution in [0.15, 0.2) is 24.3 Å². The van der Waals surface area contributed by atoms with E-state index in [4.69, 9.17) is 12.6 Å². The first-order valence-electron chi connectivity index (χ1n) is 10.8. The lowest BCUT2D eigenvalue weighted by molar-refractivity contribution is 0.674. The standard InChI is InChI=1S/C25H34P2S/c1-26(2)21-15-13-17-9-5-7-11-19(17)23(21)25(28)24-20-12-8-6-10-18(20)14-16-22(24)27(3)4/h13-16,25,28H,5-12H2,1-4H3. The fourth-order valence-electron chi connectivity index (χ4n) is 5.22. The normalized spacial score (nSPS) is 16.6. The van der Waals surface area contributed by atoms with Gasteiger partial charge in [0.1, 0.15) is 0 Å². The number of rotatable bonds is 4. The van der Waals surface area contributed by atoms with Crippen molar-refractivity contribution in [3.8, 4) is 0 Å². The van der Waals surface area contributed by atoms with E-state index in [1.165, 1.54) is 51.4 Å². The summed E-state index contributed by atoms with van der Waals surface area (Å²) < 4.78 is 0. The van der Waals surface area contributed by atoms with Crippen LogP contribution in [0.25, 0.3) is 0 Å². The van der Waals surface area contributed by atoms with E-state index in [1.54, 1.807) is 44.0 Å². The highest BCUT2D eigenvalue weighted by Crippen LogP contribution is 2.43. The minimum Gasteiger partial charge on any atom is -0.166 e. The summed E-state index contributed by atoms with van der Waals surface area (Å²) in [5.74, 6) is 0. The van der Waals surface area contributed by atoms with Crippen molar-refractivity contribution in [3.63, 3.8) is 0 Å². The molecule has 2 aromatic carbocycles. The zero-order chi connectivity index (χ0) is 19.8. The van der Waals surface area contributed by atoms with Crippen LogP contribution in [0.5, 0.6) is 0 Å². The molecule has 0 aromatic heterocycles. The number of benzene rings is 2. The summed E-state index contributed by atoms with van der Waals surface area (Å²) >= 11 is 5.43. The lowest BCUT2D eigenvalue weighted by atomic mass is 9.82. The molecule has 0 heterocycles. The summed E-state index contributed by atoms with van der Waals surface area (Å²) in [6.07, 6.45) is 10.4. The van der Waals surface area contributed by atoms with Crippen molar-refractivity contribution in [3.05, 3.63) is 57.6 Å². The molecule has 0 spiro atoms. The summed E-state index contributed by atoms with van der Waals surface area (Å²) in [5.41, 5.74) is 9.68. The van der Waals surface area contributed by atoms with Gasteiger partial charge in [-0.3, -0.25) is 0 Å². The molecule has 150 valence electrons. The predicted octanol–water partition coefficient (Wildman–Crippen LogP) is 6.20. The van der Waals surface area contributed by atoms with Crippen LogP contribution >= 0.6 is 28.5 Å². The lowest BCUT2D eigenvalue weighted by Crippen LogP contribution is -2.24. The molecule has 0 fully saturated rings. The van der Waals surface area contributed by atoms with E-state index in [0.717, 1.165) is 0 Å². The largest absolute Gasteiger partial charge is 0.166 e. The Morgan fingerprint density at radius 2 is 1.04 bits per heavy atom. The summed E-state index contributed by atoms with van der Waals surface area (Å²) in [4.78, 5) is 0. The van der Waals surface area contributed by atoms with Crippen molar-refractivity contribution in [1.82, 2.24) is 0 Å². The van der Waals surface area contributed by atoms with Crippen LogP contribution in [-0.4, -0.2) is 26.7 Å². The molecule has 3 heteroatoms. The molecule has 2 aromatic rings. The molecule has 2 aliphatic carbocycles. The minimum absolute atomic E-state index is 0.134. The maximum atomic E-state index is 5.43. The van der Waals surface area contributed by atoms with Crippen molar-refractivity contribution < 1.29 is 0 Å². The van der Waals surface area contributed by atoms with Gasteiger partial charge in [0.2, 0.25) is 0 Å². The van der Waals surface area contributed by atoms with Gasteiger partial charge in [0.25, 0.3) is 0 Å². The summed E-state index contributed by atoms with van der Waals surface area (Å²) in [7, 11) is -0.268. The van der Waals surface area contributed by atoms with E-state index in [-0.39, 0.29) is 21.1 Å². The molecule has 0 unspecified atom stereocenters. The van der Waals surface area contributed by atoms with Gasteiger partial charge >= 0.3 is 0 Å². The third-order valence-electron chi connectivity index (χ3n) is 6.62. The highest BCUT2D eigenvalue weighted by molar-refractivity contribution is 7.81.